The molecule has 0 N–H and O–H groups in total. The maximum atomic E-state index is 5.94. The van der Waals surface area contributed by atoms with Crippen molar-refractivity contribution in [1.29, 1.82) is 0 Å². The second kappa shape index (κ2) is 5.89. The highest BCUT2D eigenvalue weighted by molar-refractivity contribution is 5.42. The third kappa shape index (κ3) is 2.55. The summed E-state index contributed by atoms with van der Waals surface area (Å²) in [5.41, 5.74) is 0.934. The minimum absolute atomic E-state index is 0.0846. The van der Waals surface area contributed by atoms with Gasteiger partial charge in [0.15, 0.2) is 5.82 Å². The minimum atomic E-state index is 0.0846. The smallest absolute Gasteiger partial charge is 0.151 e. The van der Waals surface area contributed by atoms with Gasteiger partial charge in [-0.1, -0.05) is 6.08 Å². The molecule has 0 unspecified atom stereocenters. The van der Waals surface area contributed by atoms with Crippen molar-refractivity contribution in [2.45, 2.75) is 38.0 Å². The standard InChI is InChI=1S/C15H21N3O2/c1-3-8-19-13-10-18(12-5-4-9-20-15(12)13)14-7-6-11(2)16-17-14/h3,6-7,12-13,15H,1,4-5,8-10H2,2H3/t12-,13-,15+/m0/s1. The lowest BCUT2D eigenvalue weighted by molar-refractivity contribution is -0.0671. The zero-order chi connectivity index (χ0) is 13.9. The van der Waals surface area contributed by atoms with E-state index in [9.17, 15) is 0 Å². The van der Waals surface area contributed by atoms with Gasteiger partial charge in [-0.15, -0.1) is 11.7 Å². The third-order valence-corrected chi connectivity index (χ3v) is 3.98. The van der Waals surface area contributed by atoms with E-state index in [1.54, 1.807) is 6.08 Å². The van der Waals surface area contributed by atoms with Crippen molar-refractivity contribution in [1.82, 2.24) is 10.2 Å². The zero-order valence-corrected chi connectivity index (χ0v) is 11.9. The molecule has 2 saturated heterocycles. The Hall–Kier alpha value is -1.46. The Kier molecular flexibility index (Phi) is 3.98. The van der Waals surface area contributed by atoms with Crippen LogP contribution in [-0.4, -0.2) is 48.2 Å². The average molecular weight is 275 g/mol. The molecule has 1 aromatic heterocycles. The first-order valence-corrected chi connectivity index (χ1v) is 7.20. The van der Waals surface area contributed by atoms with Gasteiger partial charge in [-0.2, -0.15) is 5.10 Å². The maximum absolute atomic E-state index is 5.94. The van der Waals surface area contributed by atoms with Crippen molar-refractivity contribution in [3.63, 3.8) is 0 Å². The summed E-state index contributed by atoms with van der Waals surface area (Å²) in [7, 11) is 0. The highest BCUT2D eigenvalue weighted by Crippen LogP contribution is 2.33. The Labute approximate surface area is 119 Å². The van der Waals surface area contributed by atoms with E-state index in [0.717, 1.165) is 37.5 Å². The fourth-order valence-electron chi connectivity index (χ4n) is 3.06. The lowest BCUT2D eigenvalue weighted by atomic mass is 10.0. The normalized spacial score (nSPS) is 29.2. The number of hydrogen-bond donors (Lipinski definition) is 0. The van der Waals surface area contributed by atoms with Crippen molar-refractivity contribution in [3.05, 3.63) is 30.5 Å². The van der Waals surface area contributed by atoms with Gasteiger partial charge >= 0.3 is 0 Å². The molecular weight excluding hydrogens is 254 g/mol. The zero-order valence-electron chi connectivity index (χ0n) is 11.9. The molecule has 20 heavy (non-hydrogen) atoms. The van der Waals surface area contributed by atoms with Gasteiger partial charge in [-0.3, -0.25) is 0 Å². The maximum Gasteiger partial charge on any atom is 0.151 e. The molecule has 3 atom stereocenters. The van der Waals surface area contributed by atoms with Crippen LogP contribution in [0.4, 0.5) is 5.82 Å². The molecule has 108 valence electrons. The van der Waals surface area contributed by atoms with E-state index in [1.165, 1.54) is 0 Å². The van der Waals surface area contributed by atoms with E-state index in [4.69, 9.17) is 9.47 Å². The molecule has 3 heterocycles. The summed E-state index contributed by atoms with van der Waals surface area (Å²) in [4.78, 5) is 2.28. The summed E-state index contributed by atoms with van der Waals surface area (Å²) < 4.78 is 11.8. The van der Waals surface area contributed by atoms with Crippen LogP contribution >= 0.6 is 0 Å². The predicted octanol–water partition coefficient (Wildman–Crippen LogP) is 1.72. The van der Waals surface area contributed by atoms with Crippen LogP contribution in [0.1, 0.15) is 18.5 Å². The number of aryl methyl sites for hydroxylation is 1. The Morgan fingerprint density at radius 1 is 1.50 bits per heavy atom. The number of anilines is 1. The molecule has 1 aromatic rings. The average Bonchev–Trinajstić information content (AvgIpc) is 2.85. The second-order valence-electron chi connectivity index (χ2n) is 5.39. The van der Waals surface area contributed by atoms with Crippen LogP contribution in [0, 0.1) is 6.92 Å². The molecule has 3 rings (SSSR count). The van der Waals surface area contributed by atoms with Gasteiger partial charge in [0.2, 0.25) is 0 Å². The highest BCUT2D eigenvalue weighted by atomic mass is 16.5. The summed E-state index contributed by atoms with van der Waals surface area (Å²) in [5, 5.41) is 8.47. The van der Waals surface area contributed by atoms with E-state index < -0.39 is 0 Å². The van der Waals surface area contributed by atoms with Gasteiger partial charge in [-0.25, -0.2) is 0 Å². The van der Waals surface area contributed by atoms with Crippen LogP contribution in [-0.2, 0) is 9.47 Å². The highest BCUT2D eigenvalue weighted by Gasteiger charge is 2.45. The molecule has 0 saturated carbocycles. The second-order valence-corrected chi connectivity index (χ2v) is 5.39. The molecule has 0 amide bonds. The molecular formula is C15H21N3O2. The summed E-state index contributed by atoms with van der Waals surface area (Å²) >= 11 is 0. The number of nitrogens with zero attached hydrogens (tertiary/aromatic N) is 3. The third-order valence-electron chi connectivity index (χ3n) is 3.98. The number of hydrogen-bond acceptors (Lipinski definition) is 5. The molecule has 0 bridgehead atoms. The fraction of sp³-hybridized carbons (Fsp3) is 0.600. The molecule has 0 radical (unpaired) electrons. The Balaban J connectivity index is 1.80. The van der Waals surface area contributed by atoms with Gasteiger partial charge in [0.1, 0.15) is 12.2 Å². The molecule has 0 spiro atoms. The van der Waals surface area contributed by atoms with E-state index in [0.29, 0.717) is 12.6 Å². The molecule has 0 aliphatic carbocycles. The Bertz CT molecular complexity index is 463. The Morgan fingerprint density at radius 3 is 3.15 bits per heavy atom. The molecule has 2 aliphatic rings. The first kappa shape index (κ1) is 13.5. The van der Waals surface area contributed by atoms with Crippen LogP contribution in [0.25, 0.3) is 0 Å². The Morgan fingerprint density at radius 2 is 2.40 bits per heavy atom. The lowest BCUT2D eigenvalue weighted by Crippen LogP contribution is -2.42. The van der Waals surface area contributed by atoms with E-state index >= 15 is 0 Å². The van der Waals surface area contributed by atoms with Gasteiger partial charge in [0, 0.05) is 13.2 Å². The van der Waals surface area contributed by atoms with E-state index in [-0.39, 0.29) is 12.2 Å². The molecule has 2 aliphatic heterocycles. The SMILES string of the molecule is C=CCO[C@H]1CN(c2ccc(C)nn2)[C@H]2CCCO[C@@H]12. The van der Waals surface area contributed by atoms with Gasteiger partial charge in [0.25, 0.3) is 0 Å². The first-order valence-electron chi connectivity index (χ1n) is 7.20. The summed E-state index contributed by atoms with van der Waals surface area (Å²) in [6.07, 6.45) is 4.21. The van der Waals surface area contributed by atoms with E-state index in [1.807, 2.05) is 19.1 Å². The molecule has 5 nitrogen and oxygen atoms in total. The largest absolute Gasteiger partial charge is 0.373 e. The summed E-state index contributed by atoms with van der Waals surface area (Å²) in [6, 6.07) is 4.37. The van der Waals surface area contributed by atoms with Crippen LogP contribution in [0.2, 0.25) is 0 Å². The number of ether oxygens (including phenoxy) is 2. The van der Waals surface area contributed by atoms with Gasteiger partial charge in [-0.05, 0) is 31.9 Å². The number of fused-ring (bicyclic) bond motifs is 1. The fourth-order valence-corrected chi connectivity index (χ4v) is 3.06. The molecule has 2 fully saturated rings. The summed E-state index contributed by atoms with van der Waals surface area (Å²) in [6.45, 7) is 7.85. The topological polar surface area (TPSA) is 47.5 Å². The molecule has 5 heteroatoms. The minimum Gasteiger partial charge on any atom is -0.373 e. The number of aromatic nitrogens is 2. The van der Waals surface area contributed by atoms with Crippen molar-refractivity contribution >= 4 is 5.82 Å². The predicted molar refractivity (Wildman–Crippen MR) is 76.8 cm³/mol. The monoisotopic (exact) mass is 275 g/mol. The van der Waals surface area contributed by atoms with E-state index in [2.05, 4.69) is 21.7 Å². The van der Waals surface area contributed by atoms with Crippen molar-refractivity contribution in [2.75, 3.05) is 24.7 Å². The van der Waals surface area contributed by atoms with Crippen LogP contribution in [0.15, 0.2) is 24.8 Å². The molecule has 0 aromatic carbocycles. The van der Waals surface area contributed by atoms with Gasteiger partial charge < -0.3 is 14.4 Å². The van der Waals surface area contributed by atoms with Gasteiger partial charge in [0.05, 0.1) is 18.3 Å². The van der Waals surface area contributed by atoms with Crippen LogP contribution in [0.5, 0.6) is 0 Å². The van der Waals surface area contributed by atoms with Crippen LogP contribution < -0.4 is 4.90 Å². The first-order chi connectivity index (χ1) is 9.79. The number of rotatable bonds is 4. The summed E-state index contributed by atoms with van der Waals surface area (Å²) in [5.74, 6) is 0.917. The van der Waals surface area contributed by atoms with Crippen molar-refractivity contribution < 1.29 is 9.47 Å². The van der Waals surface area contributed by atoms with Crippen molar-refractivity contribution in [2.24, 2.45) is 0 Å². The van der Waals surface area contributed by atoms with Crippen molar-refractivity contribution in [3.8, 4) is 0 Å². The lowest BCUT2D eigenvalue weighted by Gasteiger charge is -2.32. The quantitative estimate of drug-likeness (QED) is 0.783. The van der Waals surface area contributed by atoms with Crippen LogP contribution in [0.3, 0.4) is 0 Å².